The molecule has 5 rings (SSSR count). The second-order valence-electron chi connectivity index (χ2n) is 7.22. The summed E-state index contributed by atoms with van der Waals surface area (Å²) in [4.78, 5) is 4.80. The fourth-order valence-electron chi connectivity index (χ4n) is 3.72. The Balaban J connectivity index is 1.72. The zero-order valence-electron chi connectivity index (χ0n) is 16.5. The molecular weight excluding hydrogens is 440 g/mol. The molecule has 5 aromatic rings. The van der Waals surface area contributed by atoms with Crippen LogP contribution in [0.15, 0.2) is 42.7 Å². The molecule has 6 nitrogen and oxygen atoms in total. The van der Waals surface area contributed by atoms with Gasteiger partial charge in [0.05, 0.1) is 39.5 Å². The third-order valence-electron chi connectivity index (χ3n) is 5.25. The van der Waals surface area contributed by atoms with Crippen molar-refractivity contribution in [2.24, 2.45) is 0 Å². The Kier molecular flexibility index (Phi) is 4.79. The molecule has 156 valence electrons. The van der Waals surface area contributed by atoms with Crippen LogP contribution >= 0.6 is 23.2 Å². The van der Waals surface area contributed by atoms with Gasteiger partial charge in [0.2, 0.25) is 0 Å². The van der Waals surface area contributed by atoms with Crippen LogP contribution in [0.1, 0.15) is 24.3 Å². The first-order chi connectivity index (χ1) is 14.9. The highest BCUT2D eigenvalue weighted by molar-refractivity contribution is 6.36. The van der Waals surface area contributed by atoms with Crippen LogP contribution in [-0.4, -0.2) is 25.4 Å². The third-order valence-corrected chi connectivity index (χ3v) is 5.97. The topological polar surface area (TPSA) is 79.5 Å². The third kappa shape index (κ3) is 3.30. The average molecular weight is 456 g/mol. The Labute approximate surface area is 186 Å². The van der Waals surface area contributed by atoms with Crippen LogP contribution < -0.4 is 4.74 Å². The van der Waals surface area contributed by atoms with Gasteiger partial charge in [-0.2, -0.15) is 10.2 Å². The fourth-order valence-corrected chi connectivity index (χ4v) is 4.40. The summed E-state index contributed by atoms with van der Waals surface area (Å²) in [6.45, 7) is 3.69. The van der Waals surface area contributed by atoms with Crippen LogP contribution in [-0.2, 0) is 0 Å². The molecule has 0 aliphatic carbocycles. The molecule has 0 aliphatic rings. The first kappa shape index (κ1) is 19.8. The number of aryl methyl sites for hydroxylation is 1. The monoisotopic (exact) mass is 455 g/mol. The lowest BCUT2D eigenvalue weighted by atomic mass is 10.1. The molecule has 3 aromatic heterocycles. The zero-order chi connectivity index (χ0) is 21.7. The second-order valence-corrected chi connectivity index (χ2v) is 8.01. The van der Waals surface area contributed by atoms with Crippen LogP contribution in [0.5, 0.6) is 5.75 Å². The maximum atomic E-state index is 14.1. The number of nitrogens with zero attached hydrogens (tertiary/aromatic N) is 3. The minimum Gasteiger partial charge on any atom is -0.485 e. The number of hydrogen-bond donors (Lipinski definition) is 2. The van der Waals surface area contributed by atoms with E-state index in [9.17, 15) is 4.39 Å². The Morgan fingerprint density at radius 3 is 2.65 bits per heavy atom. The minimum atomic E-state index is -0.623. The van der Waals surface area contributed by atoms with E-state index in [2.05, 4.69) is 20.4 Å². The van der Waals surface area contributed by atoms with Gasteiger partial charge in [-0.1, -0.05) is 23.2 Å². The Bertz CT molecular complexity index is 1450. The molecule has 2 N–H and O–H groups in total. The van der Waals surface area contributed by atoms with E-state index in [1.54, 1.807) is 19.3 Å². The SMILES string of the molecule is Cc1[nH]ncc1-c1cc(OC(C)c2c(Cl)ccc(F)c2Cl)c2c(ccc3[nH]ncc32)n1. The highest BCUT2D eigenvalue weighted by Crippen LogP contribution is 2.40. The molecule has 1 unspecified atom stereocenters. The highest BCUT2D eigenvalue weighted by atomic mass is 35.5. The van der Waals surface area contributed by atoms with Crippen LogP contribution in [0.2, 0.25) is 10.0 Å². The molecule has 0 saturated carbocycles. The van der Waals surface area contributed by atoms with Crippen molar-refractivity contribution in [3.63, 3.8) is 0 Å². The fraction of sp³-hybridized carbons (Fsp3) is 0.136. The predicted molar refractivity (Wildman–Crippen MR) is 119 cm³/mol. The molecule has 1 atom stereocenters. The van der Waals surface area contributed by atoms with Crippen LogP contribution in [0.4, 0.5) is 4.39 Å². The number of fused-ring (bicyclic) bond motifs is 3. The Morgan fingerprint density at radius 2 is 1.87 bits per heavy atom. The molecule has 0 bridgehead atoms. The number of ether oxygens (including phenoxy) is 1. The van der Waals surface area contributed by atoms with Gasteiger partial charge in [-0.15, -0.1) is 0 Å². The Hall–Kier alpha value is -3.16. The number of pyridine rings is 1. The van der Waals surface area contributed by atoms with E-state index in [1.165, 1.54) is 12.1 Å². The molecule has 0 saturated heterocycles. The number of aromatic nitrogens is 5. The van der Waals surface area contributed by atoms with Gasteiger partial charge in [-0.25, -0.2) is 9.37 Å². The second kappa shape index (κ2) is 7.51. The van der Waals surface area contributed by atoms with Gasteiger partial charge >= 0.3 is 0 Å². The highest BCUT2D eigenvalue weighted by Gasteiger charge is 2.21. The van der Waals surface area contributed by atoms with Crippen molar-refractivity contribution >= 4 is 45.0 Å². The van der Waals surface area contributed by atoms with E-state index in [4.69, 9.17) is 32.9 Å². The van der Waals surface area contributed by atoms with Crippen LogP contribution in [0, 0.1) is 12.7 Å². The largest absolute Gasteiger partial charge is 0.485 e. The summed E-state index contributed by atoms with van der Waals surface area (Å²) in [6, 6.07) is 8.35. The number of benzene rings is 2. The normalized spacial score (nSPS) is 12.5. The quantitative estimate of drug-likeness (QED) is 0.307. The number of hydrogen-bond acceptors (Lipinski definition) is 4. The molecular formula is C22H16Cl2FN5O. The van der Waals surface area contributed by atoms with E-state index in [0.29, 0.717) is 22.0 Å². The molecule has 2 aromatic carbocycles. The lowest BCUT2D eigenvalue weighted by molar-refractivity contribution is 0.230. The molecule has 9 heteroatoms. The predicted octanol–water partition coefficient (Wildman–Crippen LogP) is 6.40. The standard InChI is InChI=1S/C22H16Cl2FN5O/c1-10-12(8-26-29-10)18-7-19(21-13-9-27-30-16(13)5-6-17(21)28-18)31-11(2)20-14(23)3-4-15(25)22(20)24/h3-9,11H,1-2H3,(H,26,29)(H,27,30). The number of rotatable bonds is 4. The van der Waals surface area contributed by atoms with E-state index in [1.807, 2.05) is 25.1 Å². The Morgan fingerprint density at radius 1 is 1.06 bits per heavy atom. The number of nitrogens with one attached hydrogen (secondary N) is 2. The van der Waals surface area contributed by atoms with Crippen molar-refractivity contribution in [3.05, 3.63) is 69.8 Å². The molecule has 0 spiro atoms. The molecule has 0 fully saturated rings. The minimum absolute atomic E-state index is 0.0577. The van der Waals surface area contributed by atoms with E-state index in [-0.39, 0.29) is 5.02 Å². The summed E-state index contributed by atoms with van der Waals surface area (Å²) >= 11 is 12.5. The average Bonchev–Trinajstić information content (AvgIpc) is 3.39. The number of aromatic amines is 2. The maximum absolute atomic E-state index is 14.1. The first-order valence-electron chi connectivity index (χ1n) is 9.51. The summed E-state index contributed by atoms with van der Waals surface area (Å²) in [5, 5.41) is 16.0. The molecule has 0 amide bonds. The van der Waals surface area contributed by atoms with Crippen LogP contribution in [0.25, 0.3) is 33.1 Å². The lowest BCUT2D eigenvalue weighted by Crippen LogP contribution is -2.07. The lowest BCUT2D eigenvalue weighted by Gasteiger charge is -2.20. The van der Waals surface area contributed by atoms with Gasteiger partial charge < -0.3 is 4.74 Å². The molecule has 3 heterocycles. The summed E-state index contributed by atoms with van der Waals surface area (Å²) in [7, 11) is 0. The van der Waals surface area contributed by atoms with E-state index >= 15 is 0 Å². The van der Waals surface area contributed by atoms with Crippen molar-refractivity contribution in [1.29, 1.82) is 0 Å². The van der Waals surface area contributed by atoms with E-state index in [0.717, 1.165) is 33.1 Å². The zero-order valence-corrected chi connectivity index (χ0v) is 18.0. The van der Waals surface area contributed by atoms with E-state index < -0.39 is 11.9 Å². The summed E-state index contributed by atoms with van der Waals surface area (Å²) in [5.74, 6) is -0.000432. The van der Waals surface area contributed by atoms with Gasteiger partial charge in [0, 0.05) is 33.3 Å². The van der Waals surface area contributed by atoms with Gasteiger partial charge in [0.25, 0.3) is 0 Å². The molecule has 31 heavy (non-hydrogen) atoms. The van der Waals surface area contributed by atoms with Gasteiger partial charge in [0.1, 0.15) is 17.7 Å². The van der Waals surface area contributed by atoms with Gasteiger partial charge in [-0.05, 0) is 38.1 Å². The summed E-state index contributed by atoms with van der Waals surface area (Å²) in [5.41, 5.74) is 4.39. The molecule has 0 aliphatic heterocycles. The van der Waals surface area contributed by atoms with Crippen molar-refractivity contribution in [1.82, 2.24) is 25.4 Å². The number of halogens is 3. The van der Waals surface area contributed by atoms with Crippen molar-refractivity contribution in [2.45, 2.75) is 20.0 Å². The van der Waals surface area contributed by atoms with Crippen molar-refractivity contribution < 1.29 is 9.13 Å². The summed E-state index contributed by atoms with van der Waals surface area (Å²) in [6.07, 6.45) is 2.82. The summed E-state index contributed by atoms with van der Waals surface area (Å²) < 4.78 is 20.4. The first-order valence-corrected chi connectivity index (χ1v) is 10.3. The van der Waals surface area contributed by atoms with Gasteiger partial charge in [0.15, 0.2) is 0 Å². The van der Waals surface area contributed by atoms with Gasteiger partial charge in [-0.3, -0.25) is 10.2 Å². The van der Waals surface area contributed by atoms with Crippen LogP contribution in [0.3, 0.4) is 0 Å². The number of H-pyrrole nitrogens is 2. The van der Waals surface area contributed by atoms with Crippen molar-refractivity contribution in [3.8, 4) is 17.0 Å². The molecule has 0 radical (unpaired) electrons. The van der Waals surface area contributed by atoms with Crippen molar-refractivity contribution in [2.75, 3.05) is 0 Å². The maximum Gasteiger partial charge on any atom is 0.142 e. The smallest absolute Gasteiger partial charge is 0.142 e.